The van der Waals surface area contributed by atoms with Gasteiger partial charge in [-0.2, -0.15) is 0 Å². The van der Waals surface area contributed by atoms with Crippen LogP contribution in [0.15, 0.2) is 35.2 Å². The molecule has 1 saturated heterocycles. The van der Waals surface area contributed by atoms with Crippen LogP contribution in [0.3, 0.4) is 0 Å². The number of nitrogens with zero attached hydrogens (tertiary/aromatic N) is 1. The van der Waals surface area contributed by atoms with Crippen LogP contribution < -0.4 is 10.5 Å². The molecule has 1 unspecified atom stereocenters. The Balaban J connectivity index is 1.87. The van der Waals surface area contributed by atoms with E-state index < -0.39 is 20.0 Å². The molecule has 24 heavy (non-hydrogen) atoms. The van der Waals surface area contributed by atoms with Crippen molar-refractivity contribution in [3.05, 3.63) is 30.3 Å². The van der Waals surface area contributed by atoms with Crippen molar-refractivity contribution in [3.63, 3.8) is 0 Å². The minimum absolute atomic E-state index is 0.0625. The first-order chi connectivity index (χ1) is 11.2. The molecule has 136 valence electrons. The van der Waals surface area contributed by atoms with Gasteiger partial charge in [-0.05, 0) is 37.8 Å². The number of sulfonamides is 2. The minimum atomic E-state index is -3.68. The van der Waals surface area contributed by atoms with E-state index in [2.05, 4.69) is 4.72 Å². The number of piperidine rings is 1. The summed E-state index contributed by atoms with van der Waals surface area (Å²) in [5.74, 6) is 0.0927. The number of nitrogens with two attached hydrogens (primary N) is 1. The fourth-order valence-electron chi connectivity index (χ4n) is 2.80. The maximum absolute atomic E-state index is 12.3. The molecule has 0 radical (unpaired) electrons. The summed E-state index contributed by atoms with van der Waals surface area (Å²) < 4.78 is 52.6. The molecule has 1 aliphatic rings. The van der Waals surface area contributed by atoms with Gasteiger partial charge in [0.1, 0.15) is 0 Å². The van der Waals surface area contributed by atoms with E-state index in [1.54, 1.807) is 18.2 Å². The van der Waals surface area contributed by atoms with Crippen molar-refractivity contribution in [1.82, 2.24) is 9.03 Å². The highest BCUT2D eigenvalue weighted by Crippen LogP contribution is 2.21. The predicted octanol–water partition coefficient (Wildman–Crippen LogP) is 0.354. The van der Waals surface area contributed by atoms with Crippen molar-refractivity contribution < 1.29 is 16.8 Å². The van der Waals surface area contributed by atoms with Crippen LogP contribution >= 0.6 is 0 Å². The third-order valence-electron chi connectivity index (χ3n) is 4.34. The molecular weight excluding hydrogens is 350 g/mol. The Labute approximate surface area is 144 Å². The van der Waals surface area contributed by atoms with Crippen molar-refractivity contribution in [2.75, 3.05) is 25.4 Å². The molecular formula is C15H25N3O4S2. The first-order valence-corrected chi connectivity index (χ1v) is 11.1. The average Bonchev–Trinajstić information content (AvgIpc) is 2.55. The summed E-state index contributed by atoms with van der Waals surface area (Å²) in [4.78, 5) is 0.125. The molecule has 9 heteroatoms. The van der Waals surface area contributed by atoms with Crippen molar-refractivity contribution in [2.45, 2.75) is 30.7 Å². The highest BCUT2D eigenvalue weighted by atomic mass is 32.2. The van der Waals surface area contributed by atoms with E-state index in [9.17, 15) is 16.8 Å². The molecule has 0 saturated carbocycles. The molecule has 0 amide bonds. The highest BCUT2D eigenvalue weighted by molar-refractivity contribution is 7.90. The zero-order chi connectivity index (χ0) is 17.8. The topological polar surface area (TPSA) is 110 Å². The number of rotatable bonds is 7. The normalized spacial score (nSPS) is 19.2. The van der Waals surface area contributed by atoms with E-state index in [1.807, 2.05) is 6.92 Å². The quantitative estimate of drug-likeness (QED) is 0.715. The molecule has 0 bridgehead atoms. The van der Waals surface area contributed by atoms with Gasteiger partial charge < -0.3 is 5.73 Å². The Kier molecular flexibility index (Phi) is 6.38. The SMILES string of the molecule is CC(N)C1CCN(S(=O)(=O)CCNS(=O)(=O)c2ccccc2)CC1. The lowest BCUT2D eigenvalue weighted by atomic mass is 9.92. The first kappa shape index (κ1) is 19.3. The van der Waals surface area contributed by atoms with Crippen LogP contribution in [0.25, 0.3) is 0 Å². The third kappa shape index (κ3) is 5.00. The lowest BCUT2D eigenvalue weighted by molar-refractivity contribution is 0.251. The van der Waals surface area contributed by atoms with Gasteiger partial charge in [0.25, 0.3) is 0 Å². The first-order valence-electron chi connectivity index (χ1n) is 8.00. The summed E-state index contributed by atoms with van der Waals surface area (Å²) in [5, 5.41) is 0. The molecule has 0 aliphatic carbocycles. The largest absolute Gasteiger partial charge is 0.328 e. The van der Waals surface area contributed by atoms with E-state index in [1.165, 1.54) is 16.4 Å². The van der Waals surface area contributed by atoms with Crippen LogP contribution in [0.2, 0.25) is 0 Å². The van der Waals surface area contributed by atoms with Gasteiger partial charge in [-0.25, -0.2) is 25.9 Å². The lowest BCUT2D eigenvalue weighted by Gasteiger charge is -2.32. The smallest absolute Gasteiger partial charge is 0.240 e. The molecule has 1 atom stereocenters. The van der Waals surface area contributed by atoms with Gasteiger partial charge in [0, 0.05) is 25.7 Å². The molecule has 2 rings (SSSR count). The van der Waals surface area contributed by atoms with Crippen LogP contribution in [0.5, 0.6) is 0 Å². The Morgan fingerprint density at radius 2 is 1.75 bits per heavy atom. The van der Waals surface area contributed by atoms with Crippen LogP contribution in [-0.2, 0) is 20.0 Å². The molecule has 1 aromatic carbocycles. The number of benzene rings is 1. The van der Waals surface area contributed by atoms with E-state index in [0.29, 0.717) is 19.0 Å². The van der Waals surface area contributed by atoms with Gasteiger partial charge in [0.05, 0.1) is 10.6 Å². The fraction of sp³-hybridized carbons (Fsp3) is 0.600. The van der Waals surface area contributed by atoms with Gasteiger partial charge in [-0.1, -0.05) is 18.2 Å². The summed E-state index contributed by atoms with van der Waals surface area (Å²) in [7, 11) is -7.15. The maximum Gasteiger partial charge on any atom is 0.240 e. The molecule has 0 aromatic heterocycles. The molecule has 3 N–H and O–H groups in total. The van der Waals surface area contributed by atoms with Crippen LogP contribution in [-0.4, -0.2) is 52.6 Å². The number of nitrogens with one attached hydrogen (secondary N) is 1. The third-order valence-corrected chi connectivity index (χ3v) is 7.69. The average molecular weight is 376 g/mol. The van der Waals surface area contributed by atoms with Gasteiger partial charge in [-0.15, -0.1) is 0 Å². The predicted molar refractivity (Wildman–Crippen MR) is 93.4 cm³/mol. The fourth-order valence-corrected chi connectivity index (χ4v) is 5.36. The Hall–Kier alpha value is -1.00. The minimum Gasteiger partial charge on any atom is -0.328 e. The number of hydrogen-bond donors (Lipinski definition) is 2. The Bertz CT molecular complexity index is 725. The van der Waals surface area contributed by atoms with Crippen LogP contribution in [0, 0.1) is 5.92 Å². The van der Waals surface area contributed by atoms with Crippen molar-refractivity contribution in [3.8, 4) is 0 Å². The second kappa shape index (κ2) is 7.92. The van der Waals surface area contributed by atoms with E-state index in [0.717, 1.165) is 12.8 Å². The van der Waals surface area contributed by atoms with Gasteiger partial charge in [0.2, 0.25) is 20.0 Å². The summed E-state index contributed by atoms with van der Waals surface area (Å²) in [6, 6.07) is 7.95. The van der Waals surface area contributed by atoms with Crippen molar-refractivity contribution in [1.29, 1.82) is 0 Å². The van der Waals surface area contributed by atoms with E-state index in [-0.39, 0.29) is 23.2 Å². The van der Waals surface area contributed by atoms with Crippen molar-refractivity contribution in [2.24, 2.45) is 11.7 Å². The monoisotopic (exact) mass is 375 g/mol. The molecule has 1 fully saturated rings. The lowest BCUT2D eigenvalue weighted by Crippen LogP contribution is -2.44. The summed E-state index contributed by atoms with van der Waals surface area (Å²) in [6.07, 6.45) is 1.49. The van der Waals surface area contributed by atoms with Gasteiger partial charge in [-0.3, -0.25) is 0 Å². The van der Waals surface area contributed by atoms with Crippen LogP contribution in [0.4, 0.5) is 0 Å². The molecule has 1 heterocycles. The van der Waals surface area contributed by atoms with E-state index >= 15 is 0 Å². The Morgan fingerprint density at radius 1 is 1.17 bits per heavy atom. The summed E-state index contributed by atoms with van der Waals surface area (Å²) in [6.45, 7) is 2.68. The van der Waals surface area contributed by atoms with Gasteiger partial charge >= 0.3 is 0 Å². The van der Waals surface area contributed by atoms with Gasteiger partial charge in [0.15, 0.2) is 0 Å². The standard InChI is InChI=1S/C15H25N3O4S2/c1-13(16)14-7-10-18(11-8-14)23(19,20)12-9-17-24(21,22)15-5-3-2-4-6-15/h2-6,13-14,17H,7-12,16H2,1H3. The maximum atomic E-state index is 12.3. The second-order valence-electron chi connectivity index (χ2n) is 6.12. The Morgan fingerprint density at radius 3 is 2.29 bits per heavy atom. The zero-order valence-corrected chi connectivity index (χ0v) is 15.4. The van der Waals surface area contributed by atoms with Crippen molar-refractivity contribution >= 4 is 20.0 Å². The number of hydrogen-bond acceptors (Lipinski definition) is 5. The zero-order valence-electron chi connectivity index (χ0n) is 13.8. The molecule has 1 aromatic rings. The second-order valence-corrected chi connectivity index (χ2v) is 9.98. The van der Waals surface area contributed by atoms with Crippen LogP contribution in [0.1, 0.15) is 19.8 Å². The highest BCUT2D eigenvalue weighted by Gasteiger charge is 2.29. The molecule has 7 nitrogen and oxygen atoms in total. The summed E-state index contributed by atoms with van der Waals surface area (Å²) in [5.41, 5.74) is 5.86. The van der Waals surface area contributed by atoms with E-state index in [4.69, 9.17) is 5.73 Å². The molecule has 0 spiro atoms. The molecule has 1 aliphatic heterocycles. The summed E-state index contributed by atoms with van der Waals surface area (Å²) >= 11 is 0.